The molecule has 0 radical (unpaired) electrons. The lowest BCUT2D eigenvalue weighted by atomic mass is 9.93. The fourth-order valence-electron chi connectivity index (χ4n) is 3.26. The Morgan fingerprint density at radius 3 is 2.64 bits per heavy atom. The van der Waals surface area contributed by atoms with Gasteiger partial charge in [0.2, 0.25) is 5.91 Å². The SMILES string of the molecule is CC1CCCN(C(C)(C)CNC(=O)CCc2ccccc2N)C1.Cl.Cl. The molecule has 2 rings (SSSR count). The molecule has 0 spiro atoms. The smallest absolute Gasteiger partial charge is 0.220 e. The Labute approximate surface area is 164 Å². The minimum atomic E-state index is 0. The van der Waals surface area contributed by atoms with Crippen LogP contribution >= 0.6 is 24.8 Å². The van der Waals surface area contributed by atoms with Gasteiger partial charge in [0.25, 0.3) is 0 Å². The molecule has 144 valence electrons. The van der Waals surface area contributed by atoms with Crippen molar-refractivity contribution in [2.45, 2.75) is 52.0 Å². The first kappa shape index (κ1) is 24.0. The maximum Gasteiger partial charge on any atom is 0.220 e. The van der Waals surface area contributed by atoms with Crippen LogP contribution in [0.25, 0.3) is 0 Å². The third-order valence-electron chi connectivity index (χ3n) is 4.91. The predicted octanol–water partition coefficient (Wildman–Crippen LogP) is 3.67. The van der Waals surface area contributed by atoms with E-state index in [0.717, 1.165) is 30.3 Å². The van der Waals surface area contributed by atoms with Gasteiger partial charge in [-0.25, -0.2) is 0 Å². The molecule has 25 heavy (non-hydrogen) atoms. The fraction of sp³-hybridized carbons (Fsp3) is 0.632. The second-order valence-corrected chi connectivity index (χ2v) is 7.48. The Hall–Kier alpha value is -0.970. The number of carbonyl (C=O) groups excluding carboxylic acids is 1. The number of hydrogen-bond acceptors (Lipinski definition) is 3. The molecule has 0 aromatic heterocycles. The molecule has 0 bridgehead atoms. The van der Waals surface area contributed by atoms with E-state index in [-0.39, 0.29) is 36.3 Å². The van der Waals surface area contributed by atoms with Crippen LogP contribution in [0.2, 0.25) is 0 Å². The van der Waals surface area contributed by atoms with Crippen molar-refractivity contribution in [1.29, 1.82) is 0 Å². The van der Waals surface area contributed by atoms with Crippen LogP contribution in [0.15, 0.2) is 24.3 Å². The fourth-order valence-corrected chi connectivity index (χ4v) is 3.26. The molecule has 1 fully saturated rings. The predicted molar refractivity (Wildman–Crippen MR) is 111 cm³/mol. The number of halogens is 2. The van der Waals surface area contributed by atoms with Crippen molar-refractivity contribution < 1.29 is 4.79 Å². The van der Waals surface area contributed by atoms with Gasteiger partial charge in [-0.1, -0.05) is 25.1 Å². The molecule has 1 saturated heterocycles. The average molecular weight is 390 g/mol. The number of nitrogens with two attached hydrogens (primary N) is 1. The molecule has 3 N–H and O–H groups in total. The normalized spacial score (nSPS) is 18.0. The van der Waals surface area contributed by atoms with E-state index in [1.165, 1.54) is 12.8 Å². The number of nitrogen functional groups attached to an aromatic ring is 1. The average Bonchev–Trinajstić information content (AvgIpc) is 2.52. The molecule has 1 atom stereocenters. The molecule has 1 aromatic carbocycles. The summed E-state index contributed by atoms with van der Waals surface area (Å²) in [4.78, 5) is 14.7. The van der Waals surface area contributed by atoms with Crippen molar-refractivity contribution in [2.75, 3.05) is 25.4 Å². The Kier molecular flexibility index (Phi) is 10.5. The van der Waals surface area contributed by atoms with Crippen LogP contribution in [-0.2, 0) is 11.2 Å². The summed E-state index contributed by atoms with van der Waals surface area (Å²) >= 11 is 0. The van der Waals surface area contributed by atoms with Gasteiger partial charge in [-0.2, -0.15) is 0 Å². The van der Waals surface area contributed by atoms with Gasteiger partial charge in [-0.3, -0.25) is 9.69 Å². The van der Waals surface area contributed by atoms with Gasteiger partial charge >= 0.3 is 0 Å². The van der Waals surface area contributed by atoms with E-state index in [1.54, 1.807) is 0 Å². The Balaban J connectivity index is 0.00000288. The molecule has 1 aliphatic heterocycles. The van der Waals surface area contributed by atoms with E-state index in [9.17, 15) is 4.79 Å². The third kappa shape index (κ3) is 7.43. The summed E-state index contributed by atoms with van der Waals surface area (Å²) < 4.78 is 0. The summed E-state index contributed by atoms with van der Waals surface area (Å²) in [5.41, 5.74) is 7.75. The highest BCUT2D eigenvalue weighted by atomic mass is 35.5. The minimum absolute atomic E-state index is 0. The van der Waals surface area contributed by atoms with Crippen molar-refractivity contribution in [1.82, 2.24) is 10.2 Å². The van der Waals surface area contributed by atoms with Crippen molar-refractivity contribution in [3.05, 3.63) is 29.8 Å². The maximum absolute atomic E-state index is 12.2. The zero-order valence-corrected chi connectivity index (χ0v) is 17.2. The molecule has 1 unspecified atom stereocenters. The number of nitrogens with one attached hydrogen (secondary N) is 1. The van der Waals surface area contributed by atoms with E-state index in [4.69, 9.17) is 5.73 Å². The largest absolute Gasteiger partial charge is 0.399 e. The van der Waals surface area contributed by atoms with Crippen LogP contribution in [0.3, 0.4) is 0 Å². The standard InChI is InChI=1S/C19H31N3O.2ClH/c1-15-7-6-12-22(13-15)19(2,3)14-21-18(23)11-10-16-8-4-5-9-17(16)20;;/h4-5,8-9,15H,6-7,10-14,20H2,1-3H3,(H,21,23);2*1H. The lowest BCUT2D eigenvalue weighted by Crippen LogP contribution is -2.54. The number of amides is 1. The third-order valence-corrected chi connectivity index (χ3v) is 4.91. The Morgan fingerprint density at radius 1 is 1.32 bits per heavy atom. The topological polar surface area (TPSA) is 58.4 Å². The van der Waals surface area contributed by atoms with Gasteiger partial charge in [0.1, 0.15) is 0 Å². The summed E-state index contributed by atoms with van der Waals surface area (Å²) in [6.07, 6.45) is 3.75. The zero-order chi connectivity index (χ0) is 16.9. The van der Waals surface area contributed by atoms with Gasteiger partial charge in [-0.15, -0.1) is 24.8 Å². The van der Waals surface area contributed by atoms with Gasteiger partial charge < -0.3 is 11.1 Å². The molecular weight excluding hydrogens is 357 g/mol. The summed E-state index contributed by atoms with van der Waals surface area (Å²) in [6.45, 7) is 9.71. The molecule has 0 saturated carbocycles. The number of aryl methyl sites for hydroxylation is 1. The molecular formula is C19H33Cl2N3O. The highest BCUT2D eigenvalue weighted by Gasteiger charge is 2.30. The second-order valence-electron chi connectivity index (χ2n) is 7.48. The number of hydrogen-bond donors (Lipinski definition) is 2. The maximum atomic E-state index is 12.2. The second kappa shape index (κ2) is 10.9. The number of carbonyl (C=O) groups is 1. The number of benzene rings is 1. The van der Waals surface area contributed by atoms with E-state index in [1.807, 2.05) is 24.3 Å². The zero-order valence-electron chi connectivity index (χ0n) is 15.6. The highest BCUT2D eigenvalue weighted by molar-refractivity contribution is 5.85. The van der Waals surface area contributed by atoms with Crippen molar-refractivity contribution in [2.24, 2.45) is 5.92 Å². The summed E-state index contributed by atoms with van der Waals surface area (Å²) in [6, 6.07) is 7.75. The number of anilines is 1. The van der Waals surface area contributed by atoms with E-state index in [2.05, 4.69) is 31.0 Å². The first-order chi connectivity index (χ1) is 10.9. The van der Waals surface area contributed by atoms with Gasteiger partial charge in [0, 0.05) is 30.7 Å². The van der Waals surface area contributed by atoms with Crippen LogP contribution < -0.4 is 11.1 Å². The summed E-state index contributed by atoms with van der Waals surface area (Å²) in [7, 11) is 0. The van der Waals surface area contributed by atoms with E-state index in [0.29, 0.717) is 19.4 Å². The number of rotatable bonds is 6. The molecule has 4 nitrogen and oxygen atoms in total. The molecule has 1 aliphatic rings. The molecule has 6 heteroatoms. The quantitative estimate of drug-likeness (QED) is 0.729. The number of piperidine rings is 1. The van der Waals surface area contributed by atoms with Crippen LogP contribution in [0, 0.1) is 5.92 Å². The number of likely N-dealkylation sites (tertiary alicyclic amines) is 1. The molecule has 1 heterocycles. The Morgan fingerprint density at radius 2 is 2.00 bits per heavy atom. The van der Waals surface area contributed by atoms with Crippen LogP contribution in [-0.4, -0.2) is 36.0 Å². The lowest BCUT2D eigenvalue weighted by molar-refractivity contribution is -0.121. The first-order valence-corrected chi connectivity index (χ1v) is 8.73. The van der Waals surface area contributed by atoms with Gasteiger partial charge in [-0.05, 0) is 57.2 Å². The first-order valence-electron chi connectivity index (χ1n) is 8.73. The molecule has 1 aromatic rings. The van der Waals surface area contributed by atoms with E-state index < -0.39 is 0 Å². The number of nitrogens with zero attached hydrogens (tertiary/aromatic N) is 1. The number of para-hydroxylation sites is 1. The van der Waals surface area contributed by atoms with Crippen LogP contribution in [0.4, 0.5) is 5.69 Å². The lowest BCUT2D eigenvalue weighted by Gasteiger charge is -2.43. The van der Waals surface area contributed by atoms with Crippen molar-refractivity contribution >= 4 is 36.4 Å². The Bertz CT molecular complexity index is 537. The molecule has 1 amide bonds. The summed E-state index contributed by atoms with van der Waals surface area (Å²) in [5.74, 6) is 0.853. The monoisotopic (exact) mass is 389 g/mol. The van der Waals surface area contributed by atoms with Gasteiger partial charge in [0.15, 0.2) is 0 Å². The van der Waals surface area contributed by atoms with Crippen molar-refractivity contribution in [3.63, 3.8) is 0 Å². The summed E-state index contributed by atoms with van der Waals surface area (Å²) in [5, 5.41) is 3.10. The minimum Gasteiger partial charge on any atom is -0.399 e. The van der Waals surface area contributed by atoms with Crippen LogP contribution in [0.5, 0.6) is 0 Å². The van der Waals surface area contributed by atoms with Crippen molar-refractivity contribution in [3.8, 4) is 0 Å². The molecule has 0 aliphatic carbocycles. The highest BCUT2D eigenvalue weighted by Crippen LogP contribution is 2.23. The van der Waals surface area contributed by atoms with E-state index >= 15 is 0 Å². The van der Waals surface area contributed by atoms with Gasteiger partial charge in [0.05, 0.1) is 0 Å². The van der Waals surface area contributed by atoms with Crippen LogP contribution in [0.1, 0.15) is 45.6 Å².